The van der Waals surface area contributed by atoms with Crippen molar-refractivity contribution in [2.45, 2.75) is 19.0 Å². The Morgan fingerprint density at radius 2 is 1.85 bits per heavy atom. The van der Waals surface area contributed by atoms with Gasteiger partial charge in [-0.15, -0.1) is 0 Å². The molecule has 1 fully saturated rings. The van der Waals surface area contributed by atoms with Crippen molar-refractivity contribution >= 4 is 29.1 Å². The molecular weight excluding hydrogens is 461 g/mol. The van der Waals surface area contributed by atoms with Gasteiger partial charge < -0.3 is 19.8 Å². The zero-order chi connectivity index (χ0) is 24.0. The summed E-state index contributed by atoms with van der Waals surface area (Å²) in [5.41, 5.74) is 2.24. The standard InChI is InChI=1S/C26H19ClFNO5/c27-19-12-16(3-7-20(19)30)23-22(24(31)17-4-8-21-15(11-17)9-10-34-21)25(32)26(33)29(23)13-14-1-5-18(28)6-2-14/h1-8,11-12,23,30-31H,9-10,13H2/b24-22-. The van der Waals surface area contributed by atoms with Gasteiger partial charge in [-0.3, -0.25) is 9.59 Å². The molecule has 0 radical (unpaired) electrons. The summed E-state index contributed by atoms with van der Waals surface area (Å²) in [7, 11) is 0. The summed E-state index contributed by atoms with van der Waals surface area (Å²) in [6, 6.07) is 14.1. The summed E-state index contributed by atoms with van der Waals surface area (Å²) < 4.78 is 18.9. The van der Waals surface area contributed by atoms with Crippen LogP contribution < -0.4 is 4.74 Å². The smallest absolute Gasteiger partial charge is 0.295 e. The van der Waals surface area contributed by atoms with E-state index in [9.17, 15) is 24.2 Å². The van der Waals surface area contributed by atoms with Crippen LogP contribution in [0.4, 0.5) is 4.39 Å². The number of likely N-dealkylation sites (tertiary alicyclic amines) is 1. The Balaban J connectivity index is 1.64. The van der Waals surface area contributed by atoms with E-state index in [2.05, 4.69) is 0 Å². The van der Waals surface area contributed by atoms with E-state index in [0.29, 0.717) is 29.7 Å². The van der Waals surface area contributed by atoms with E-state index in [1.165, 1.54) is 41.3 Å². The molecule has 1 unspecified atom stereocenters. The average molecular weight is 480 g/mol. The molecule has 6 nitrogen and oxygen atoms in total. The van der Waals surface area contributed by atoms with E-state index in [1.807, 2.05) is 0 Å². The van der Waals surface area contributed by atoms with Crippen LogP contribution >= 0.6 is 11.6 Å². The van der Waals surface area contributed by atoms with Crippen LogP contribution in [0.25, 0.3) is 5.76 Å². The van der Waals surface area contributed by atoms with Crippen molar-refractivity contribution in [3.8, 4) is 11.5 Å². The van der Waals surface area contributed by atoms with Crippen molar-refractivity contribution in [2.75, 3.05) is 6.61 Å². The normalized spacial score (nSPS) is 18.8. The molecule has 0 aliphatic carbocycles. The first-order chi connectivity index (χ1) is 16.3. The van der Waals surface area contributed by atoms with Gasteiger partial charge in [0, 0.05) is 18.5 Å². The van der Waals surface area contributed by atoms with E-state index in [-0.39, 0.29) is 28.6 Å². The third-order valence-corrected chi connectivity index (χ3v) is 6.36. The lowest BCUT2D eigenvalue weighted by atomic mass is 9.94. The van der Waals surface area contributed by atoms with Crippen molar-refractivity contribution in [1.82, 2.24) is 4.90 Å². The lowest BCUT2D eigenvalue weighted by Crippen LogP contribution is -2.29. The number of fused-ring (bicyclic) bond motifs is 1. The van der Waals surface area contributed by atoms with E-state index in [0.717, 1.165) is 11.3 Å². The number of benzene rings is 3. The van der Waals surface area contributed by atoms with Gasteiger partial charge in [-0.2, -0.15) is 0 Å². The third kappa shape index (κ3) is 3.78. The van der Waals surface area contributed by atoms with E-state index in [4.69, 9.17) is 16.3 Å². The molecule has 2 N–H and O–H groups in total. The maximum absolute atomic E-state index is 13.4. The summed E-state index contributed by atoms with van der Waals surface area (Å²) in [5.74, 6) is -1.82. The maximum Gasteiger partial charge on any atom is 0.295 e. The Morgan fingerprint density at radius 1 is 1.09 bits per heavy atom. The highest BCUT2D eigenvalue weighted by atomic mass is 35.5. The minimum absolute atomic E-state index is 0.00280. The van der Waals surface area contributed by atoms with Crippen LogP contribution in [0.1, 0.15) is 28.3 Å². The van der Waals surface area contributed by atoms with Gasteiger partial charge in [-0.1, -0.05) is 29.8 Å². The number of nitrogens with zero attached hydrogens (tertiary/aromatic N) is 1. The Labute approximate surface area is 199 Å². The zero-order valence-electron chi connectivity index (χ0n) is 17.8. The number of aliphatic hydroxyl groups excluding tert-OH is 1. The minimum Gasteiger partial charge on any atom is -0.507 e. The van der Waals surface area contributed by atoms with Crippen LogP contribution in [0, 0.1) is 5.82 Å². The largest absolute Gasteiger partial charge is 0.507 e. The van der Waals surface area contributed by atoms with Crippen molar-refractivity contribution in [3.05, 3.63) is 99.3 Å². The fourth-order valence-corrected chi connectivity index (χ4v) is 4.55. The number of phenols is 1. The Hall–Kier alpha value is -3.84. The van der Waals surface area contributed by atoms with Crippen LogP contribution in [0.3, 0.4) is 0 Å². The van der Waals surface area contributed by atoms with Gasteiger partial charge in [0.15, 0.2) is 0 Å². The van der Waals surface area contributed by atoms with Crippen LogP contribution in [0.15, 0.2) is 66.2 Å². The number of ketones is 1. The first kappa shape index (κ1) is 22.0. The first-order valence-corrected chi connectivity index (χ1v) is 11.0. The highest BCUT2D eigenvalue weighted by Crippen LogP contribution is 2.42. The number of phenolic OH excluding ortho intramolecular Hbond substituents is 1. The third-order valence-electron chi connectivity index (χ3n) is 6.06. The first-order valence-electron chi connectivity index (χ1n) is 10.6. The number of hydrogen-bond acceptors (Lipinski definition) is 5. The Kier molecular flexibility index (Phi) is 5.49. The van der Waals surface area contributed by atoms with Gasteiger partial charge in [-0.05, 0) is 59.2 Å². The number of aliphatic hydroxyl groups is 1. The molecule has 5 rings (SSSR count). The summed E-state index contributed by atoms with van der Waals surface area (Å²) in [6.07, 6.45) is 0.673. The van der Waals surface area contributed by atoms with Crippen LogP contribution in [-0.4, -0.2) is 33.4 Å². The molecule has 0 bridgehead atoms. The predicted octanol–water partition coefficient (Wildman–Crippen LogP) is 4.74. The Morgan fingerprint density at radius 3 is 2.59 bits per heavy atom. The highest BCUT2D eigenvalue weighted by molar-refractivity contribution is 6.46. The van der Waals surface area contributed by atoms with Crippen LogP contribution in [0.5, 0.6) is 11.5 Å². The van der Waals surface area contributed by atoms with Crippen molar-refractivity contribution in [2.24, 2.45) is 0 Å². The lowest BCUT2D eigenvalue weighted by molar-refractivity contribution is -0.140. The van der Waals surface area contributed by atoms with Gasteiger partial charge in [-0.25, -0.2) is 4.39 Å². The molecule has 34 heavy (non-hydrogen) atoms. The number of Topliss-reactive ketones (excluding diaryl/α,β-unsaturated/α-hetero) is 1. The van der Waals surface area contributed by atoms with E-state index >= 15 is 0 Å². The number of aromatic hydroxyl groups is 1. The second kappa shape index (κ2) is 8.50. The second-order valence-electron chi connectivity index (χ2n) is 8.19. The van der Waals surface area contributed by atoms with E-state index in [1.54, 1.807) is 24.3 Å². The quantitative estimate of drug-likeness (QED) is 0.320. The molecule has 8 heteroatoms. The Bertz CT molecular complexity index is 1350. The average Bonchev–Trinajstić information content (AvgIpc) is 3.39. The molecule has 2 heterocycles. The monoisotopic (exact) mass is 479 g/mol. The number of amides is 1. The topological polar surface area (TPSA) is 87.1 Å². The number of rotatable bonds is 4. The zero-order valence-corrected chi connectivity index (χ0v) is 18.6. The van der Waals surface area contributed by atoms with Gasteiger partial charge in [0.2, 0.25) is 0 Å². The molecule has 2 aliphatic rings. The molecule has 0 aromatic heterocycles. The molecule has 3 aromatic rings. The molecule has 172 valence electrons. The van der Waals surface area contributed by atoms with Gasteiger partial charge in [0.1, 0.15) is 23.1 Å². The second-order valence-corrected chi connectivity index (χ2v) is 8.59. The van der Waals surface area contributed by atoms with Gasteiger partial charge in [0.25, 0.3) is 11.7 Å². The SMILES string of the molecule is O=C1C(=O)N(Cc2ccc(F)cc2)C(c2ccc(O)c(Cl)c2)/C1=C(/O)c1ccc2c(c1)CCO2. The number of carbonyl (C=O) groups is 2. The minimum atomic E-state index is -0.965. The fraction of sp³-hybridized carbons (Fsp3) is 0.154. The predicted molar refractivity (Wildman–Crippen MR) is 123 cm³/mol. The molecule has 3 aromatic carbocycles. The molecular formula is C26H19ClFNO5. The molecule has 1 saturated heterocycles. The number of carbonyl (C=O) groups excluding carboxylic acids is 2. The number of hydrogen-bond donors (Lipinski definition) is 2. The lowest BCUT2D eigenvalue weighted by Gasteiger charge is -2.25. The number of ether oxygens (including phenoxy) is 1. The molecule has 1 atom stereocenters. The summed E-state index contributed by atoms with van der Waals surface area (Å²) >= 11 is 6.13. The summed E-state index contributed by atoms with van der Waals surface area (Å²) in [5, 5.41) is 21.1. The maximum atomic E-state index is 13.4. The van der Waals surface area contributed by atoms with Crippen molar-refractivity contribution in [3.63, 3.8) is 0 Å². The van der Waals surface area contributed by atoms with E-state index < -0.39 is 23.5 Å². The highest BCUT2D eigenvalue weighted by Gasteiger charge is 2.46. The molecule has 1 amide bonds. The molecule has 0 spiro atoms. The van der Waals surface area contributed by atoms with Crippen molar-refractivity contribution < 1.29 is 28.9 Å². The van der Waals surface area contributed by atoms with Crippen LogP contribution in [0.2, 0.25) is 5.02 Å². The number of halogens is 2. The van der Waals surface area contributed by atoms with Gasteiger partial charge >= 0.3 is 0 Å². The van der Waals surface area contributed by atoms with Crippen molar-refractivity contribution in [1.29, 1.82) is 0 Å². The van der Waals surface area contributed by atoms with Crippen LogP contribution in [-0.2, 0) is 22.6 Å². The summed E-state index contributed by atoms with van der Waals surface area (Å²) in [4.78, 5) is 27.6. The molecule has 0 saturated carbocycles. The molecule has 2 aliphatic heterocycles. The fourth-order valence-electron chi connectivity index (χ4n) is 4.36. The van der Waals surface area contributed by atoms with Gasteiger partial charge in [0.05, 0.1) is 23.2 Å². The summed E-state index contributed by atoms with van der Waals surface area (Å²) in [6.45, 7) is 0.538.